The fourth-order valence-corrected chi connectivity index (χ4v) is 5.04. The van der Waals surface area contributed by atoms with Gasteiger partial charge in [0.1, 0.15) is 11.4 Å². The lowest BCUT2D eigenvalue weighted by Gasteiger charge is -2.12. The number of nitrogens with one attached hydrogen (secondary N) is 2. The number of pyridine rings is 1. The van der Waals surface area contributed by atoms with Gasteiger partial charge in [0, 0.05) is 41.3 Å². The quantitative estimate of drug-likeness (QED) is 0.217. The highest BCUT2D eigenvalue weighted by atomic mass is 35.5. The maximum atomic E-state index is 6.14. The van der Waals surface area contributed by atoms with Crippen molar-refractivity contribution < 1.29 is 4.74 Å². The third-order valence-electron chi connectivity index (χ3n) is 5.75. The van der Waals surface area contributed by atoms with E-state index in [1.807, 2.05) is 78.2 Å². The van der Waals surface area contributed by atoms with Crippen LogP contribution in [0.3, 0.4) is 0 Å². The smallest absolute Gasteiger partial charge is 0.228 e. The first kappa shape index (κ1) is 23.8. The fourth-order valence-electron chi connectivity index (χ4n) is 3.97. The third-order valence-corrected chi connectivity index (χ3v) is 7.03. The Bertz CT molecular complexity index is 1740. The van der Waals surface area contributed by atoms with Gasteiger partial charge in [0.2, 0.25) is 11.8 Å². The molecule has 0 aliphatic carbocycles. The van der Waals surface area contributed by atoms with E-state index in [1.54, 1.807) is 30.8 Å². The van der Waals surface area contributed by atoms with E-state index in [0.717, 1.165) is 32.6 Å². The second kappa shape index (κ2) is 10.4. The molecule has 0 spiro atoms. The highest BCUT2D eigenvalue weighted by Gasteiger charge is 2.14. The van der Waals surface area contributed by atoms with E-state index >= 15 is 0 Å². The Morgan fingerprint density at radius 3 is 2.50 bits per heavy atom. The van der Waals surface area contributed by atoms with Crippen molar-refractivity contribution in [2.24, 2.45) is 0 Å². The summed E-state index contributed by atoms with van der Waals surface area (Å²) in [5.41, 5.74) is 3.13. The van der Waals surface area contributed by atoms with Crippen molar-refractivity contribution in [1.29, 1.82) is 0 Å². The van der Waals surface area contributed by atoms with Crippen LogP contribution in [-0.4, -0.2) is 32.2 Å². The summed E-state index contributed by atoms with van der Waals surface area (Å²) in [5.74, 6) is 2.28. The molecule has 4 aromatic heterocycles. The van der Waals surface area contributed by atoms with Gasteiger partial charge in [0.15, 0.2) is 5.82 Å². The van der Waals surface area contributed by atoms with Gasteiger partial charge in [-0.05, 0) is 48.5 Å². The molecule has 0 saturated carbocycles. The molecule has 0 amide bonds. The second-order valence-corrected chi connectivity index (χ2v) is 9.54. The van der Waals surface area contributed by atoms with Crippen LogP contribution in [0.1, 0.15) is 0 Å². The van der Waals surface area contributed by atoms with Gasteiger partial charge >= 0.3 is 0 Å². The molecule has 6 rings (SSSR count). The molecule has 0 saturated heterocycles. The third kappa shape index (κ3) is 4.84. The average molecular weight is 538 g/mol. The molecule has 0 bridgehead atoms. The Kier molecular flexibility index (Phi) is 6.51. The number of halogens is 1. The Morgan fingerprint density at radius 1 is 0.868 bits per heavy atom. The van der Waals surface area contributed by atoms with E-state index in [1.165, 1.54) is 0 Å². The number of fused-ring (bicyclic) bond motifs is 1. The highest BCUT2D eigenvalue weighted by Crippen LogP contribution is 2.36. The number of hydrogen-bond acceptors (Lipinski definition) is 9. The van der Waals surface area contributed by atoms with E-state index in [-0.39, 0.29) is 0 Å². The van der Waals surface area contributed by atoms with Crippen molar-refractivity contribution in [2.75, 3.05) is 17.7 Å². The van der Waals surface area contributed by atoms with Crippen molar-refractivity contribution in [3.05, 3.63) is 95.6 Å². The lowest BCUT2D eigenvalue weighted by atomic mass is 10.1. The largest absolute Gasteiger partial charge is 0.438 e. The molecule has 2 N–H and O–H groups in total. The molecule has 0 atom stereocenters. The van der Waals surface area contributed by atoms with Gasteiger partial charge in [-0.25, -0.2) is 15.0 Å². The Morgan fingerprint density at radius 2 is 1.71 bits per heavy atom. The molecule has 0 radical (unpaired) electrons. The SMILES string of the molecule is CNc1nccc(-c2cccnc2Oc2ccc(Nc3nnc(-c4cc(Cl)cs4)c4ccccc34)cc2)n1. The topological polar surface area (TPSA) is 97.7 Å². The first-order valence-corrected chi connectivity index (χ1v) is 12.9. The molecule has 0 unspecified atom stereocenters. The van der Waals surface area contributed by atoms with Crippen LogP contribution in [0.15, 0.2) is 90.6 Å². The van der Waals surface area contributed by atoms with Crippen molar-refractivity contribution >= 4 is 51.2 Å². The zero-order chi connectivity index (χ0) is 25.9. The standard InChI is InChI=1S/C28H20ClN7OS/c1-30-28-32-14-12-23(34-28)22-7-4-13-31-27(22)37-19-10-8-18(9-11-19)33-26-21-6-3-2-5-20(21)25(35-36-26)24-15-17(29)16-38-24/h2-16H,1H3,(H,33,36)(H,30,32,34). The highest BCUT2D eigenvalue weighted by molar-refractivity contribution is 7.14. The number of thiophene rings is 1. The minimum absolute atomic E-state index is 0.454. The van der Waals surface area contributed by atoms with Crippen LogP contribution < -0.4 is 15.4 Å². The van der Waals surface area contributed by atoms with Gasteiger partial charge in [-0.3, -0.25) is 0 Å². The number of nitrogens with zero attached hydrogens (tertiary/aromatic N) is 5. The van der Waals surface area contributed by atoms with Gasteiger partial charge < -0.3 is 15.4 Å². The zero-order valence-electron chi connectivity index (χ0n) is 20.1. The predicted octanol–water partition coefficient (Wildman–Crippen LogP) is 7.44. The molecule has 186 valence electrons. The number of hydrogen-bond donors (Lipinski definition) is 2. The molecule has 0 aliphatic rings. The Hall–Kier alpha value is -4.60. The summed E-state index contributed by atoms with van der Waals surface area (Å²) < 4.78 is 6.12. The summed E-state index contributed by atoms with van der Waals surface area (Å²) in [6, 6.07) is 23.1. The van der Waals surface area contributed by atoms with Crippen LogP contribution in [0.2, 0.25) is 5.02 Å². The minimum Gasteiger partial charge on any atom is -0.438 e. The molecule has 2 aromatic carbocycles. The van der Waals surface area contributed by atoms with Gasteiger partial charge in [-0.15, -0.1) is 21.5 Å². The maximum Gasteiger partial charge on any atom is 0.228 e. The van der Waals surface area contributed by atoms with Crippen LogP contribution in [-0.2, 0) is 0 Å². The first-order valence-electron chi connectivity index (χ1n) is 11.7. The van der Waals surface area contributed by atoms with E-state index in [9.17, 15) is 0 Å². The van der Waals surface area contributed by atoms with Crippen molar-refractivity contribution in [3.8, 4) is 33.5 Å². The van der Waals surface area contributed by atoms with Crippen molar-refractivity contribution in [1.82, 2.24) is 25.1 Å². The number of rotatable bonds is 7. The molecule has 10 heteroatoms. The number of anilines is 3. The summed E-state index contributed by atoms with van der Waals surface area (Å²) in [7, 11) is 1.78. The van der Waals surface area contributed by atoms with Crippen LogP contribution in [0.25, 0.3) is 32.6 Å². The van der Waals surface area contributed by atoms with Crippen LogP contribution in [0.4, 0.5) is 17.5 Å². The summed E-state index contributed by atoms with van der Waals surface area (Å²) in [6.45, 7) is 0. The van der Waals surface area contributed by atoms with Crippen molar-refractivity contribution in [2.45, 2.75) is 0 Å². The van der Waals surface area contributed by atoms with E-state index in [2.05, 4.69) is 35.8 Å². The van der Waals surface area contributed by atoms with E-state index < -0.39 is 0 Å². The zero-order valence-corrected chi connectivity index (χ0v) is 21.7. The molecule has 0 fully saturated rings. The van der Waals surface area contributed by atoms with Gasteiger partial charge in [-0.2, -0.15) is 0 Å². The van der Waals surface area contributed by atoms with Crippen LogP contribution in [0.5, 0.6) is 11.6 Å². The van der Waals surface area contributed by atoms with Gasteiger partial charge in [0.25, 0.3) is 0 Å². The number of benzene rings is 2. The lowest BCUT2D eigenvalue weighted by Crippen LogP contribution is -1.99. The number of ether oxygens (including phenoxy) is 1. The van der Waals surface area contributed by atoms with Crippen molar-refractivity contribution in [3.63, 3.8) is 0 Å². The predicted molar refractivity (Wildman–Crippen MR) is 152 cm³/mol. The number of aromatic nitrogens is 5. The normalized spacial score (nSPS) is 10.9. The molecule has 4 heterocycles. The fraction of sp³-hybridized carbons (Fsp3) is 0.0357. The minimum atomic E-state index is 0.454. The summed E-state index contributed by atoms with van der Waals surface area (Å²) in [6.07, 6.45) is 3.38. The van der Waals surface area contributed by atoms with Crippen LogP contribution in [0, 0.1) is 0 Å². The van der Waals surface area contributed by atoms with Gasteiger partial charge in [0.05, 0.1) is 21.2 Å². The summed E-state index contributed by atoms with van der Waals surface area (Å²) in [4.78, 5) is 14.1. The molecule has 0 aliphatic heterocycles. The molecule has 38 heavy (non-hydrogen) atoms. The molecule has 8 nitrogen and oxygen atoms in total. The molecule has 6 aromatic rings. The van der Waals surface area contributed by atoms with E-state index in [0.29, 0.717) is 34.1 Å². The van der Waals surface area contributed by atoms with E-state index in [4.69, 9.17) is 16.3 Å². The maximum absolute atomic E-state index is 6.14. The Balaban J connectivity index is 1.25. The lowest BCUT2D eigenvalue weighted by molar-refractivity contribution is 0.465. The first-order chi connectivity index (χ1) is 18.7. The molecular weight excluding hydrogens is 518 g/mol. The monoisotopic (exact) mass is 537 g/mol. The Labute approximate surface area is 227 Å². The summed E-state index contributed by atoms with van der Waals surface area (Å²) >= 11 is 7.69. The summed E-state index contributed by atoms with van der Waals surface area (Å²) in [5, 5.41) is 19.9. The second-order valence-electron chi connectivity index (χ2n) is 8.20. The van der Waals surface area contributed by atoms with Gasteiger partial charge in [-0.1, -0.05) is 35.9 Å². The van der Waals surface area contributed by atoms with Crippen LogP contribution >= 0.6 is 22.9 Å². The molecular formula is C28H20ClN7OS. The average Bonchev–Trinajstić information content (AvgIpc) is 3.40.